The lowest BCUT2D eigenvalue weighted by atomic mass is 10.1. The van der Waals surface area contributed by atoms with Crippen molar-refractivity contribution in [1.82, 2.24) is 10.0 Å². The number of sulfonamides is 1. The van der Waals surface area contributed by atoms with Crippen LogP contribution < -0.4 is 10.0 Å². The third-order valence-electron chi connectivity index (χ3n) is 2.77. The normalized spacial score (nSPS) is 13.5. The summed E-state index contributed by atoms with van der Waals surface area (Å²) in [6.07, 6.45) is 1.96. The second-order valence-electron chi connectivity index (χ2n) is 4.60. The molecule has 0 aromatic heterocycles. The fourth-order valence-electron chi connectivity index (χ4n) is 1.81. The van der Waals surface area contributed by atoms with Gasteiger partial charge in [-0.05, 0) is 50.4 Å². The van der Waals surface area contributed by atoms with E-state index in [0.29, 0.717) is 11.4 Å². The van der Waals surface area contributed by atoms with Crippen molar-refractivity contribution in [2.75, 3.05) is 19.1 Å². The van der Waals surface area contributed by atoms with Crippen molar-refractivity contribution in [3.63, 3.8) is 0 Å². The SMILES string of the molecule is CNCc1cc(S(=O)(=O)NC(C)CSC)ccc1C. The van der Waals surface area contributed by atoms with Crippen molar-refractivity contribution in [1.29, 1.82) is 0 Å². The van der Waals surface area contributed by atoms with Gasteiger partial charge in [0.2, 0.25) is 10.0 Å². The molecular formula is C13H22N2O2S2. The summed E-state index contributed by atoms with van der Waals surface area (Å²) >= 11 is 1.62. The van der Waals surface area contributed by atoms with Crippen LogP contribution in [-0.2, 0) is 16.6 Å². The van der Waals surface area contributed by atoms with Crippen LogP contribution >= 0.6 is 11.8 Å². The van der Waals surface area contributed by atoms with Crippen molar-refractivity contribution in [2.24, 2.45) is 0 Å². The van der Waals surface area contributed by atoms with Crippen molar-refractivity contribution in [3.05, 3.63) is 29.3 Å². The highest BCUT2D eigenvalue weighted by molar-refractivity contribution is 7.98. The number of rotatable bonds is 7. The van der Waals surface area contributed by atoms with Gasteiger partial charge in [-0.2, -0.15) is 11.8 Å². The highest BCUT2D eigenvalue weighted by Gasteiger charge is 2.17. The van der Waals surface area contributed by atoms with E-state index in [1.165, 1.54) is 0 Å². The lowest BCUT2D eigenvalue weighted by Gasteiger charge is -2.14. The molecule has 0 radical (unpaired) electrons. The number of hydrogen-bond acceptors (Lipinski definition) is 4. The second kappa shape index (κ2) is 7.28. The fourth-order valence-corrected chi connectivity index (χ4v) is 3.80. The third kappa shape index (κ3) is 4.80. The van der Waals surface area contributed by atoms with Gasteiger partial charge in [-0.1, -0.05) is 6.07 Å². The Kier molecular flexibility index (Phi) is 6.32. The second-order valence-corrected chi connectivity index (χ2v) is 7.22. The molecule has 0 fully saturated rings. The van der Waals surface area contributed by atoms with Crippen LogP contribution in [0.4, 0.5) is 0 Å². The number of thioether (sulfide) groups is 1. The van der Waals surface area contributed by atoms with E-state index in [1.807, 2.05) is 33.2 Å². The van der Waals surface area contributed by atoms with E-state index in [0.717, 1.165) is 16.9 Å². The molecule has 0 aliphatic rings. The van der Waals surface area contributed by atoms with Crippen LogP contribution in [0, 0.1) is 6.92 Å². The van der Waals surface area contributed by atoms with Gasteiger partial charge in [0.15, 0.2) is 0 Å². The van der Waals surface area contributed by atoms with Gasteiger partial charge in [-0.15, -0.1) is 0 Å². The zero-order chi connectivity index (χ0) is 14.5. The molecule has 6 heteroatoms. The molecule has 1 aromatic carbocycles. The zero-order valence-corrected chi connectivity index (χ0v) is 13.5. The average Bonchev–Trinajstić information content (AvgIpc) is 2.31. The average molecular weight is 302 g/mol. The van der Waals surface area contributed by atoms with Crippen molar-refractivity contribution >= 4 is 21.8 Å². The van der Waals surface area contributed by atoms with Crippen LogP contribution in [0.25, 0.3) is 0 Å². The summed E-state index contributed by atoms with van der Waals surface area (Å²) in [4.78, 5) is 0.330. The summed E-state index contributed by atoms with van der Waals surface area (Å²) in [5, 5.41) is 3.05. The van der Waals surface area contributed by atoms with Gasteiger partial charge in [0, 0.05) is 18.3 Å². The largest absolute Gasteiger partial charge is 0.316 e. The van der Waals surface area contributed by atoms with Gasteiger partial charge in [-0.25, -0.2) is 13.1 Å². The predicted molar refractivity (Wildman–Crippen MR) is 82.1 cm³/mol. The Labute approximate surface area is 120 Å². The summed E-state index contributed by atoms with van der Waals surface area (Å²) < 4.78 is 27.2. The summed E-state index contributed by atoms with van der Waals surface area (Å²) in [6.45, 7) is 4.51. The highest BCUT2D eigenvalue weighted by atomic mass is 32.2. The quantitative estimate of drug-likeness (QED) is 0.805. The van der Waals surface area contributed by atoms with Crippen LogP contribution in [0.3, 0.4) is 0 Å². The first-order valence-electron chi connectivity index (χ1n) is 6.16. The molecule has 1 unspecified atom stereocenters. The summed E-state index contributed by atoms with van der Waals surface area (Å²) in [5.41, 5.74) is 2.09. The minimum absolute atomic E-state index is 0.0750. The molecule has 0 heterocycles. The van der Waals surface area contributed by atoms with E-state index in [1.54, 1.807) is 23.9 Å². The maximum Gasteiger partial charge on any atom is 0.240 e. The maximum atomic E-state index is 12.2. The van der Waals surface area contributed by atoms with E-state index in [-0.39, 0.29) is 6.04 Å². The van der Waals surface area contributed by atoms with Crippen LogP contribution in [0.15, 0.2) is 23.1 Å². The number of aryl methyl sites for hydroxylation is 1. The van der Waals surface area contributed by atoms with Gasteiger partial charge in [0.1, 0.15) is 0 Å². The first kappa shape index (κ1) is 16.5. The molecule has 19 heavy (non-hydrogen) atoms. The molecule has 1 rings (SSSR count). The van der Waals surface area contributed by atoms with Crippen LogP contribution in [0.2, 0.25) is 0 Å². The third-order valence-corrected chi connectivity index (χ3v) is 5.19. The van der Waals surface area contributed by atoms with Crippen molar-refractivity contribution < 1.29 is 8.42 Å². The summed E-state index contributed by atoms with van der Waals surface area (Å²) in [5.74, 6) is 0.758. The number of nitrogens with one attached hydrogen (secondary N) is 2. The molecule has 0 aliphatic heterocycles. The van der Waals surface area contributed by atoms with Crippen LogP contribution in [-0.4, -0.2) is 33.5 Å². The summed E-state index contributed by atoms with van der Waals surface area (Å²) in [6, 6.07) is 5.16. The van der Waals surface area contributed by atoms with E-state index in [4.69, 9.17) is 0 Å². The van der Waals surface area contributed by atoms with Crippen molar-refractivity contribution in [3.8, 4) is 0 Å². The van der Waals surface area contributed by atoms with Crippen molar-refractivity contribution in [2.45, 2.75) is 31.3 Å². The molecule has 0 amide bonds. The molecule has 0 saturated carbocycles. The molecular weight excluding hydrogens is 280 g/mol. The van der Waals surface area contributed by atoms with Crippen LogP contribution in [0.5, 0.6) is 0 Å². The van der Waals surface area contributed by atoms with Gasteiger partial charge in [0.05, 0.1) is 4.90 Å². The van der Waals surface area contributed by atoms with Gasteiger partial charge in [-0.3, -0.25) is 0 Å². The Morgan fingerprint density at radius 1 is 1.37 bits per heavy atom. The standard InChI is InChI=1S/C13H22N2O2S2/c1-10-5-6-13(7-12(10)8-14-3)19(16,17)15-11(2)9-18-4/h5-7,11,14-15H,8-9H2,1-4H3. The highest BCUT2D eigenvalue weighted by Crippen LogP contribution is 2.16. The lowest BCUT2D eigenvalue weighted by molar-refractivity contribution is 0.571. The van der Waals surface area contributed by atoms with E-state index in [2.05, 4.69) is 10.0 Å². The van der Waals surface area contributed by atoms with Gasteiger partial charge in [0.25, 0.3) is 0 Å². The number of benzene rings is 1. The molecule has 0 saturated heterocycles. The zero-order valence-electron chi connectivity index (χ0n) is 11.9. The first-order valence-corrected chi connectivity index (χ1v) is 9.03. The topological polar surface area (TPSA) is 58.2 Å². The van der Waals surface area contributed by atoms with E-state index in [9.17, 15) is 8.42 Å². The molecule has 0 bridgehead atoms. The molecule has 1 atom stereocenters. The minimum Gasteiger partial charge on any atom is -0.316 e. The molecule has 1 aromatic rings. The Morgan fingerprint density at radius 2 is 2.05 bits per heavy atom. The van der Waals surface area contributed by atoms with E-state index < -0.39 is 10.0 Å². The fraction of sp³-hybridized carbons (Fsp3) is 0.538. The first-order chi connectivity index (χ1) is 8.90. The molecule has 2 N–H and O–H groups in total. The Balaban J connectivity index is 2.98. The molecule has 0 aliphatic carbocycles. The minimum atomic E-state index is -3.43. The Hall–Kier alpha value is -0.560. The van der Waals surface area contributed by atoms with Gasteiger partial charge >= 0.3 is 0 Å². The Morgan fingerprint density at radius 3 is 2.63 bits per heavy atom. The molecule has 4 nitrogen and oxygen atoms in total. The monoisotopic (exact) mass is 302 g/mol. The van der Waals surface area contributed by atoms with E-state index >= 15 is 0 Å². The van der Waals surface area contributed by atoms with Crippen LogP contribution in [0.1, 0.15) is 18.1 Å². The Bertz CT molecular complexity index is 515. The maximum absolute atomic E-state index is 12.2. The lowest BCUT2D eigenvalue weighted by Crippen LogP contribution is -2.34. The molecule has 108 valence electrons. The smallest absolute Gasteiger partial charge is 0.240 e. The molecule has 0 spiro atoms. The number of hydrogen-bond donors (Lipinski definition) is 2. The predicted octanol–water partition coefficient (Wildman–Crippen LogP) is 1.74. The van der Waals surface area contributed by atoms with Gasteiger partial charge < -0.3 is 5.32 Å². The summed E-state index contributed by atoms with van der Waals surface area (Å²) in [7, 11) is -1.58.